The number of halogens is 2. The van der Waals surface area contributed by atoms with E-state index in [4.69, 9.17) is 16.1 Å². The first-order valence-electron chi connectivity index (χ1n) is 7.26. The quantitative estimate of drug-likeness (QED) is 0.550. The van der Waals surface area contributed by atoms with E-state index < -0.39 is 17.5 Å². The highest BCUT2D eigenvalue weighted by Crippen LogP contribution is 2.32. The van der Waals surface area contributed by atoms with Crippen molar-refractivity contribution in [1.82, 2.24) is 9.72 Å². The van der Waals surface area contributed by atoms with Gasteiger partial charge in [0, 0.05) is 11.5 Å². The summed E-state index contributed by atoms with van der Waals surface area (Å²) in [6.07, 6.45) is 0. The molecule has 25 heavy (non-hydrogen) atoms. The molecule has 1 N–H and O–H groups in total. The van der Waals surface area contributed by atoms with Gasteiger partial charge in [-0.05, 0) is 24.3 Å². The molecule has 126 valence electrons. The lowest BCUT2D eigenvalue weighted by Crippen LogP contribution is -2.11. The number of nitrogens with zero attached hydrogens (tertiary/aromatic N) is 2. The highest BCUT2D eigenvalue weighted by Gasteiger charge is 2.23. The zero-order chi connectivity index (χ0) is 17.6. The molecule has 0 fully saturated rings. The number of fused-ring (bicyclic) bond motifs is 1. The van der Waals surface area contributed by atoms with Gasteiger partial charge in [0.1, 0.15) is 5.69 Å². The van der Waals surface area contributed by atoms with Crippen molar-refractivity contribution in [3.8, 4) is 10.6 Å². The molecule has 0 saturated carbocycles. The van der Waals surface area contributed by atoms with E-state index in [0.29, 0.717) is 21.3 Å². The van der Waals surface area contributed by atoms with Gasteiger partial charge in [-0.25, -0.2) is 9.18 Å². The number of hydrogen-bond donors (Lipinski definition) is 1. The van der Waals surface area contributed by atoms with Crippen molar-refractivity contribution in [2.75, 3.05) is 0 Å². The van der Waals surface area contributed by atoms with Crippen LogP contribution in [0, 0.1) is 5.82 Å². The van der Waals surface area contributed by atoms with Gasteiger partial charge in [0.25, 0.3) is 0 Å². The first kappa shape index (κ1) is 15.9. The number of thiophene rings is 1. The highest BCUT2D eigenvalue weighted by atomic mass is 35.5. The molecule has 0 aliphatic rings. The standard InChI is InChI=1S/C17H10ClFN2O3S/c18-14-6-5-13(25-14)12-7-9(20-24-12)8-21-11-4-2-1-3-10(11)15(19)16(21)17(22)23/h1-7H,8H2,(H,22,23). The van der Waals surface area contributed by atoms with E-state index in [1.165, 1.54) is 15.9 Å². The van der Waals surface area contributed by atoms with Crippen LogP contribution in [0.3, 0.4) is 0 Å². The second kappa shape index (κ2) is 6.02. The van der Waals surface area contributed by atoms with Gasteiger partial charge in [0.2, 0.25) is 0 Å². The van der Waals surface area contributed by atoms with Gasteiger partial charge in [-0.2, -0.15) is 0 Å². The SMILES string of the molecule is O=C(O)c1c(F)c2ccccc2n1Cc1cc(-c2ccc(Cl)s2)on1. The largest absolute Gasteiger partial charge is 0.476 e. The molecule has 5 nitrogen and oxygen atoms in total. The lowest BCUT2D eigenvalue weighted by molar-refractivity contribution is 0.0681. The Morgan fingerprint density at radius 2 is 2.12 bits per heavy atom. The Kier molecular flexibility index (Phi) is 3.82. The Morgan fingerprint density at radius 3 is 2.84 bits per heavy atom. The highest BCUT2D eigenvalue weighted by molar-refractivity contribution is 7.19. The van der Waals surface area contributed by atoms with Crippen molar-refractivity contribution in [1.29, 1.82) is 0 Å². The van der Waals surface area contributed by atoms with E-state index in [-0.39, 0.29) is 11.9 Å². The molecule has 3 aromatic heterocycles. The van der Waals surface area contributed by atoms with Crippen LogP contribution in [0.4, 0.5) is 4.39 Å². The summed E-state index contributed by atoms with van der Waals surface area (Å²) >= 11 is 7.26. The van der Waals surface area contributed by atoms with Crippen LogP contribution in [0.15, 0.2) is 47.0 Å². The Hall–Kier alpha value is -2.64. The number of aromatic carboxylic acids is 1. The summed E-state index contributed by atoms with van der Waals surface area (Å²) in [4.78, 5) is 12.3. The Bertz CT molecular complexity index is 1100. The van der Waals surface area contributed by atoms with Crippen molar-refractivity contribution in [3.05, 3.63) is 64.0 Å². The van der Waals surface area contributed by atoms with Gasteiger partial charge in [-0.15, -0.1) is 11.3 Å². The molecule has 4 rings (SSSR count). The topological polar surface area (TPSA) is 68.3 Å². The minimum absolute atomic E-state index is 0.0780. The van der Waals surface area contributed by atoms with E-state index in [1.807, 2.05) is 6.07 Å². The first-order valence-corrected chi connectivity index (χ1v) is 8.45. The predicted octanol–water partition coefficient (Wildman–Crippen LogP) is 4.90. The molecule has 0 radical (unpaired) electrons. The van der Waals surface area contributed by atoms with Crippen LogP contribution in [-0.4, -0.2) is 20.8 Å². The summed E-state index contributed by atoms with van der Waals surface area (Å²) in [6.45, 7) is 0.0780. The molecular weight excluding hydrogens is 367 g/mol. The summed E-state index contributed by atoms with van der Waals surface area (Å²) < 4.78 is 21.8. The van der Waals surface area contributed by atoms with Gasteiger partial charge < -0.3 is 14.2 Å². The maximum atomic E-state index is 14.5. The molecule has 0 spiro atoms. The fourth-order valence-corrected chi connectivity index (χ4v) is 3.74. The maximum absolute atomic E-state index is 14.5. The number of hydrogen-bond acceptors (Lipinski definition) is 4. The van der Waals surface area contributed by atoms with E-state index in [2.05, 4.69) is 5.16 Å². The summed E-state index contributed by atoms with van der Waals surface area (Å²) in [5, 5.41) is 13.6. The molecule has 0 atom stereocenters. The van der Waals surface area contributed by atoms with E-state index >= 15 is 0 Å². The summed E-state index contributed by atoms with van der Waals surface area (Å²) in [5.74, 6) is -1.56. The third-order valence-corrected chi connectivity index (χ3v) is 5.05. The molecule has 0 aliphatic heterocycles. The number of benzene rings is 1. The van der Waals surface area contributed by atoms with Crippen molar-refractivity contribution >= 4 is 39.8 Å². The second-order valence-electron chi connectivity index (χ2n) is 5.36. The third-order valence-electron chi connectivity index (χ3n) is 3.81. The molecule has 0 amide bonds. The second-order valence-corrected chi connectivity index (χ2v) is 7.07. The van der Waals surface area contributed by atoms with Crippen LogP contribution in [0.1, 0.15) is 16.2 Å². The minimum Gasteiger partial charge on any atom is -0.476 e. The molecule has 0 aliphatic carbocycles. The number of carbonyl (C=O) groups is 1. The zero-order valence-electron chi connectivity index (χ0n) is 12.6. The molecule has 8 heteroatoms. The van der Waals surface area contributed by atoms with Crippen molar-refractivity contribution < 1.29 is 18.8 Å². The van der Waals surface area contributed by atoms with Crippen molar-refractivity contribution in [2.45, 2.75) is 6.54 Å². The lowest BCUT2D eigenvalue weighted by atomic mass is 10.2. The Labute approximate surface area is 149 Å². The minimum atomic E-state index is -1.33. The average Bonchev–Trinajstić information content (AvgIpc) is 3.28. The van der Waals surface area contributed by atoms with Gasteiger partial charge in [-0.3, -0.25) is 0 Å². The molecular formula is C17H10ClFN2O3S. The van der Waals surface area contributed by atoms with E-state index in [1.54, 1.807) is 36.4 Å². The number of para-hydroxylation sites is 1. The Balaban J connectivity index is 1.77. The predicted molar refractivity (Wildman–Crippen MR) is 92.8 cm³/mol. The fraction of sp³-hybridized carbons (Fsp3) is 0.0588. The first-order chi connectivity index (χ1) is 12.0. The van der Waals surface area contributed by atoms with Crippen molar-refractivity contribution in [2.24, 2.45) is 0 Å². The number of carboxylic acid groups (broad SMARTS) is 1. The van der Waals surface area contributed by atoms with E-state index in [0.717, 1.165) is 4.88 Å². The molecule has 0 bridgehead atoms. The van der Waals surface area contributed by atoms with E-state index in [9.17, 15) is 14.3 Å². The van der Waals surface area contributed by atoms with Gasteiger partial charge in [0.15, 0.2) is 17.3 Å². The van der Waals surface area contributed by atoms with Crippen LogP contribution in [0.25, 0.3) is 21.5 Å². The van der Waals surface area contributed by atoms with Crippen LogP contribution in [0.2, 0.25) is 4.34 Å². The molecule has 3 heterocycles. The monoisotopic (exact) mass is 376 g/mol. The molecule has 0 unspecified atom stereocenters. The number of carboxylic acids is 1. The van der Waals surface area contributed by atoms with Gasteiger partial charge in [-0.1, -0.05) is 28.9 Å². The fourth-order valence-electron chi connectivity index (χ4n) is 2.75. The molecule has 0 saturated heterocycles. The van der Waals surface area contributed by atoms with Gasteiger partial charge >= 0.3 is 5.97 Å². The zero-order valence-corrected chi connectivity index (χ0v) is 14.1. The van der Waals surface area contributed by atoms with Crippen LogP contribution in [-0.2, 0) is 6.54 Å². The Morgan fingerprint density at radius 1 is 1.32 bits per heavy atom. The van der Waals surface area contributed by atoms with Crippen molar-refractivity contribution in [3.63, 3.8) is 0 Å². The molecule has 4 aromatic rings. The smallest absolute Gasteiger partial charge is 0.355 e. The summed E-state index contributed by atoms with van der Waals surface area (Å²) in [6, 6.07) is 11.9. The van der Waals surface area contributed by atoms with Crippen LogP contribution in [0.5, 0.6) is 0 Å². The van der Waals surface area contributed by atoms with Crippen LogP contribution >= 0.6 is 22.9 Å². The normalized spacial score (nSPS) is 11.3. The van der Waals surface area contributed by atoms with Gasteiger partial charge in [0.05, 0.1) is 21.3 Å². The lowest BCUT2D eigenvalue weighted by Gasteiger charge is -2.05. The third kappa shape index (κ3) is 2.71. The summed E-state index contributed by atoms with van der Waals surface area (Å²) in [7, 11) is 0. The average molecular weight is 377 g/mol. The number of rotatable bonds is 4. The maximum Gasteiger partial charge on any atom is 0.355 e. The van der Waals surface area contributed by atoms with Crippen LogP contribution < -0.4 is 0 Å². The number of aromatic nitrogens is 2. The molecule has 1 aromatic carbocycles. The summed E-state index contributed by atoms with van der Waals surface area (Å²) in [5.41, 5.74) is 0.578.